The predicted molar refractivity (Wildman–Crippen MR) is 100 cm³/mol. The third-order valence-corrected chi connectivity index (χ3v) is 5.07. The molecule has 3 rings (SSSR count). The van der Waals surface area contributed by atoms with E-state index in [0.29, 0.717) is 29.7 Å². The van der Waals surface area contributed by atoms with E-state index < -0.39 is 6.10 Å². The van der Waals surface area contributed by atoms with Crippen molar-refractivity contribution >= 4 is 11.7 Å². The number of hydrogen-bond donors (Lipinski definition) is 2. The van der Waals surface area contributed by atoms with E-state index in [0.717, 1.165) is 24.2 Å². The summed E-state index contributed by atoms with van der Waals surface area (Å²) in [7, 11) is 0. The topological polar surface area (TPSA) is 71.3 Å². The Hall–Kier alpha value is -2.47. The lowest BCUT2D eigenvalue weighted by Crippen LogP contribution is -2.32. The van der Waals surface area contributed by atoms with Crippen LogP contribution in [-0.4, -0.2) is 34.0 Å². The average molecular weight is 372 g/mol. The Bertz CT molecular complexity index is 871. The van der Waals surface area contributed by atoms with Crippen LogP contribution in [0.1, 0.15) is 52.6 Å². The van der Waals surface area contributed by atoms with Crippen LogP contribution in [0.15, 0.2) is 24.3 Å². The zero-order valence-corrected chi connectivity index (χ0v) is 15.7. The molecule has 0 saturated heterocycles. The Balaban J connectivity index is 1.96. The molecule has 1 aliphatic carbocycles. The molecule has 0 fully saturated rings. The van der Waals surface area contributed by atoms with Crippen LogP contribution in [0.3, 0.4) is 0 Å². The summed E-state index contributed by atoms with van der Waals surface area (Å²) in [5, 5.41) is 12.0. The smallest absolute Gasteiger partial charge is 0.224 e. The van der Waals surface area contributed by atoms with Crippen molar-refractivity contribution < 1.29 is 19.1 Å². The summed E-state index contributed by atoms with van der Waals surface area (Å²) >= 11 is 0. The molecule has 2 N–H and O–H groups in total. The highest BCUT2D eigenvalue weighted by Gasteiger charge is 2.29. The molecule has 1 amide bonds. The minimum atomic E-state index is -0.628. The highest BCUT2D eigenvalue weighted by Crippen LogP contribution is 2.31. The number of aliphatic hydroxyl groups excluding tert-OH is 1. The van der Waals surface area contributed by atoms with Gasteiger partial charge in [0.15, 0.2) is 5.78 Å². The van der Waals surface area contributed by atoms with Gasteiger partial charge in [-0.25, -0.2) is 4.39 Å². The van der Waals surface area contributed by atoms with E-state index >= 15 is 0 Å². The van der Waals surface area contributed by atoms with E-state index in [1.54, 1.807) is 25.1 Å². The number of fused-ring (bicyclic) bond motifs is 1. The summed E-state index contributed by atoms with van der Waals surface area (Å²) in [6.45, 7) is 3.99. The highest BCUT2D eigenvalue weighted by molar-refractivity contribution is 6.01. The van der Waals surface area contributed by atoms with Crippen LogP contribution in [0.2, 0.25) is 0 Å². The molecule has 6 heteroatoms. The zero-order valence-electron chi connectivity index (χ0n) is 15.7. The van der Waals surface area contributed by atoms with Gasteiger partial charge in [-0.15, -0.1) is 0 Å². The molecule has 2 aromatic rings. The second kappa shape index (κ2) is 8.05. The van der Waals surface area contributed by atoms with Crippen LogP contribution in [0.5, 0.6) is 0 Å². The Kier molecular flexibility index (Phi) is 5.75. The fourth-order valence-electron chi connectivity index (χ4n) is 3.70. The number of hydrogen-bond acceptors (Lipinski definition) is 3. The number of nitrogens with zero attached hydrogens (tertiary/aromatic N) is 1. The number of carbonyl (C=O) groups is 2. The molecule has 0 bridgehead atoms. The van der Waals surface area contributed by atoms with Crippen molar-refractivity contribution in [2.24, 2.45) is 0 Å². The molecule has 0 radical (unpaired) electrons. The molecular weight excluding hydrogens is 347 g/mol. The Labute approximate surface area is 158 Å². The van der Waals surface area contributed by atoms with Crippen LogP contribution in [0.4, 0.5) is 4.39 Å². The van der Waals surface area contributed by atoms with Gasteiger partial charge in [0.25, 0.3) is 0 Å². The molecule has 144 valence electrons. The summed E-state index contributed by atoms with van der Waals surface area (Å²) < 4.78 is 16.1. The van der Waals surface area contributed by atoms with Crippen molar-refractivity contribution in [2.75, 3.05) is 6.54 Å². The van der Waals surface area contributed by atoms with Crippen molar-refractivity contribution in [3.63, 3.8) is 0 Å². The van der Waals surface area contributed by atoms with Gasteiger partial charge >= 0.3 is 0 Å². The van der Waals surface area contributed by atoms with Gasteiger partial charge in [0.2, 0.25) is 5.91 Å². The van der Waals surface area contributed by atoms with Gasteiger partial charge in [0.1, 0.15) is 5.82 Å². The van der Waals surface area contributed by atoms with E-state index in [2.05, 4.69) is 5.32 Å². The minimum absolute atomic E-state index is 0.0463. The summed E-state index contributed by atoms with van der Waals surface area (Å²) in [6, 6.07) is 6.61. The number of aliphatic hydroxyl groups is 1. The van der Waals surface area contributed by atoms with Crippen LogP contribution in [-0.2, 0) is 24.2 Å². The van der Waals surface area contributed by atoms with Gasteiger partial charge in [-0.2, -0.15) is 0 Å². The zero-order chi connectivity index (χ0) is 19.6. The number of halogens is 1. The number of aromatic nitrogens is 1. The monoisotopic (exact) mass is 372 g/mol. The van der Waals surface area contributed by atoms with Crippen LogP contribution >= 0.6 is 0 Å². The van der Waals surface area contributed by atoms with Gasteiger partial charge < -0.3 is 15.0 Å². The SMILES string of the molecule is Cc1c(CC(=O)NC[C@H](C)O)c2c(n1Cc1ccccc1F)CCCC2=O. The van der Waals surface area contributed by atoms with E-state index in [1.807, 2.05) is 11.5 Å². The van der Waals surface area contributed by atoms with Crippen LogP contribution in [0, 0.1) is 12.7 Å². The molecule has 1 aromatic heterocycles. The van der Waals surface area contributed by atoms with Gasteiger partial charge in [-0.05, 0) is 38.3 Å². The van der Waals surface area contributed by atoms with Crippen molar-refractivity contribution in [3.8, 4) is 0 Å². The second-order valence-electron chi connectivity index (χ2n) is 7.17. The maximum atomic E-state index is 14.1. The minimum Gasteiger partial charge on any atom is -0.392 e. The number of ketones is 1. The van der Waals surface area contributed by atoms with E-state index in [4.69, 9.17) is 0 Å². The largest absolute Gasteiger partial charge is 0.392 e. The number of amides is 1. The van der Waals surface area contributed by atoms with Crippen LogP contribution in [0.25, 0.3) is 0 Å². The standard InChI is InChI=1S/C21H25FN2O3/c1-13(25)11-23-20(27)10-16-14(2)24(12-15-6-3-4-7-17(15)22)18-8-5-9-19(26)21(16)18/h3-4,6-7,13,25H,5,8-12H2,1-2H3,(H,23,27)/t13-/m0/s1. The Morgan fingerprint density at radius 3 is 2.78 bits per heavy atom. The number of carbonyl (C=O) groups excluding carboxylic acids is 2. The first-order valence-electron chi connectivity index (χ1n) is 9.30. The first-order valence-corrected chi connectivity index (χ1v) is 9.30. The number of benzene rings is 1. The lowest BCUT2D eigenvalue weighted by molar-refractivity contribution is -0.120. The van der Waals surface area contributed by atoms with Gasteiger partial charge in [-0.1, -0.05) is 18.2 Å². The molecule has 0 saturated carbocycles. The fraction of sp³-hybridized carbons (Fsp3) is 0.429. The molecule has 1 atom stereocenters. The van der Waals surface area contributed by atoms with E-state index in [1.165, 1.54) is 6.07 Å². The first kappa shape index (κ1) is 19.3. The van der Waals surface area contributed by atoms with Crippen molar-refractivity contribution in [1.82, 2.24) is 9.88 Å². The molecule has 1 aromatic carbocycles. The highest BCUT2D eigenvalue weighted by atomic mass is 19.1. The lowest BCUT2D eigenvalue weighted by Gasteiger charge is -2.16. The predicted octanol–water partition coefficient (Wildman–Crippen LogP) is 2.54. The third-order valence-electron chi connectivity index (χ3n) is 5.07. The first-order chi connectivity index (χ1) is 12.9. The van der Waals surface area contributed by atoms with E-state index in [9.17, 15) is 19.1 Å². The summed E-state index contributed by atoms with van der Waals surface area (Å²) in [5.74, 6) is -0.467. The number of nitrogens with one attached hydrogen (secondary N) is 1. The summed E-state index contributed by atoms with van der Waals surface area (Å²) in [4.78, 5) is 24.9. The van der Waals surface area contributed by atoms with Crippen LogP contribution < -0.4 is 5.32 Å². The Morgan fingerprint density at radius 1 is 1.33 bits per heavy atom. The van der Waals surface area contributed by atoms with Gasteiger partial charge in [0, 0.05) is 35.5 Å². The second-order valence-corrected chi connectivity index (χ2v) is 7.17. The van der Waals surface area contributed by atoms with E-state index in [-0.39, 0.29) is 30.5 Å². The number of Topliss-reactive ketones (excluding diaryl/α,β-unsaturated/α-hetero) is 1. The molecule has 0 unspecified atom stereocenters. The van der Waals surface area contributed by atoms with Crippen molar-refractivity contribution in [2.45, 2.75) is 52.2 Å². The Morgan fingerprint density at radius 2 is 2.07 bits per heavy atom. The summed E-state index contributed by atoms with van der Waals surface area (Å²) in [6.07, 6.45) is 1.43. The molecule has 0 spiro atoms. The molecular formula is C21H25FN2O3. The maximum absolute atomic E-state index is 14.1. The summed E-state index contributed by atoms with van der Waals surface area (Å²) in [5.41, 5.74) is 3.62. The molecule has 0 aliphatic heterocycles. The average Bonchev–Trinajstić information content (AvgIpc) is 2.88. The van der Waals surface area contributed by atoms with Gasteiger partial charge in [0.05, 0.1) is 19.1 Å². The normalized spacial score (nSPS) is 14.7. The van der Waals surface area contributed by atoms with Crippen molar-refractivity contribution in [1.29, 1.82) is 0 Å². The number of rotatable bonds is 6. The molecule has 1 heterocycles. The quantitative estimate of drug-likeness (QED) is 0.819. The van der Waals surface area contributed by atoms with Crippen molar-refractivity contribution in [3.05, 3.63) is 58.2 Å². The van der Waals surface area contributed by atoms with Gasteiger partial charge in [-0.3, -0.25) is 9.59 Å². The molecule has 5 nitrogen and oxygen atoms in total. The molecule has 1 aliphatic rings. The fourth-order valence-corrected chi connectivity index (χ4v) is 3.70. The lowest BCUT2D eigenvalue weighted by atomic mass is 9.92. The maximum Gasteiger partial charge on any atom is 0.224 e. The molecule has 27 heavy (non-hydrogen) atoms. The third kappa shape index (κ3) is 4.11.